The van der Waals surface area contributed by atoms with Crippen molar-refractivity contribution in [2.45, 2.75) is 18.7 Å². The fourth-order valence-electron chi connectivity index (χ4n) is 3.00. The standard InChI is InChI=1S/C20H22N4O5S/c1-13-3-8-17(22-14(2)25)18(11-13)23-20(27)15-4-6-16(7-5-15)30(28,29)24-10-9-21-19(26)12-24/h3-8,11H,9-10,12H2,1-2H3,(H,21,26)(H,22,25)(H,23,27). The van der Waals surface area contributed by atoms with Crippen LogP contribution in [0.2, 0.25) is 0 Å². The summed E-state index contributed by atoms with van der Waals surface area (Å²) in [6, 6.07) is 10.7. The van der Waals surface area contributed by atoms with E-state index in [2.05, 4.69) is 16.0 Å². The van der Waals surface area contributed by atoms with Crippen LogP contribution in [0.15, 0.2) is 47.4 Å². The largest absolute Gasteiger partial charge is 0.354 e. The molecule has 0 spiro atoms. The minimum absolute atomic E-state index is 0.00300. The Morgan fingerprint density at radius 2 is 1.73 bits per heavy atom. The SMILES string of the molecule is CC(=O)Nc1ccc(C)cc1NC(=O)c1ccc(S(=O)(=O)N2CCNC(=O)C2)cc1. The summed E-state index contributed by atoms with van der Waals surface area (Å²) in [5, 5.41) is 7.97. The maximum atomic E-state index is 12.7. The Bertz CT molecular complexity index is 1100. The summed E-state index contributed by atoms with van der Waals surface area (Å²) in [4.78, 5) is 35.5. The number of piperazine rings is 1. The van der Waals surface area contributed by atoms with Gasteiger partial charge in [-0.1, -0.05) is 6.07 Å². The highest BCUT2D eigenvalue weighted by atomic mass is 32.2. The fraction of sp³-hybridized carbons (Fsp3) is 0.250. The number of amides is 3. The number of nitrogens with zero attached hydrogens (tertiary/aromatic N) is 1. The van der Waals surface area contributed by atoms with Gasteiger partial charge < -0.3 is 16.0 Å². The molecule has 3 rings (SSSR count). The number of benzene rings is 2. The molecule has 2 aromatic rings. The number of rotatable bonds is 5. The number of hydrogen-bond donors (Lipinski definition) is 3. The van der Waals surface area contributed by atoms with E-state index in [0.717, 1.165) is 9.87 Å². The summed E-state index contributed by atoms with van der Waals surface area (Å²) in [5.41, 5.74) is 2.04. The molecule has 0 radical (unpaired) electrons. The van der Waals surface area contributed by atoms with Gasteiger partial charge >= 0.3 is 0 Å². The first-order chi connectivity index (χ1) is 14.2. The Kier molecular flexibility index (Phi) is 6.18. The summed E-state index contributed by atoms with van der Waals surface area (Å²) < 4.78 is 26.5. The summed E-state index contributed by atoms with van der Waals surface area (Å²) >= 11 is 0. The molecule has 3 amide bonds. The molecule has 0 saturated carbocycles. The molecule has 1 aliphatic rings. The Morgan fingerprint density at radius 3 is 2.37 bits per heavy atom. The van der Waals surface area contributed by atoms with E-state index in [1.165, 1.54) is 31.2 Å². The number of nitrogens with one attached hydrogen (secondary N) is 3. The molecule has 1 heterocycles. The van der Waals surface area contributed by atoms with Crippen LogP contribution in [0.1, 0.15) is 22.8 Å². The summed E-state index contributed by atoms with van der Waals surface area (Å²) in [7, 11) is -3.83. The summed E-state index contributed by atoms with van der Waals surface area (Å²) in [5.74, 6) is -1.07. The molecule has 0 aliphatic carbocycles. The number of carbonyl (C=O) groups excluding carboxylic acids is 3. The Labute approximate surface area is 174 Å². The lowest BCUT2D eigenvalue weighted by molar-refractivity contribution is -0.122. The maximum Gasteiger partial charge on any atom is 0.255 e. The third kappa shape index (κ3) is 4.84. The van der Waals surface area contributed by atoms with Crippen LogP contribution in [0.25, 0.3) is 0 Å². The number of anilines is 2. The van der Waals surface area contributed by atoms with Gasteiger partial charge in [0.15, 0.2) is 0 Å². The molecule has 158 valence electrons. The highest BCUT2D eigenvalue weighted by Crippen LogP contribution is 2.24. The molecule has 1 saturated heterocycles. The number of carbonyl (C=O) groups is 3. The smallest absolute Gasteiger partial charge is 0.255 e. The third-order valence-electron chi connectivity index (χ3n) is 4.49. The van der Waals surface area contributed by atoms with Gasteiger partial charge in [-0.25, -0.2) is 8.42 Å². The molecular weight excluding hydrogens is 408 g/mol. The predicted molar refractivity (Wildman–Crippen MR) is 112 cm³/mol. The van der Waals surface area contributed by atoms with Crippen LogP contribution >= 0.6 is 0 Å². The van der Waals surface area contributed by atoms with Crippen molar-refractivity contribution in [3.63, 3.8) is 0 Å². The van der Waals surface area contributed by atoms with Crippen LogP contribution in [0, 0.1) is 6.92 Å². The lowest BCUT2D eigenvalue weighted by Gasteiger charge is -2.25. The molecule has 2 aromatic carbocycles. The van der Waals surface area contributed by atoms with E-state index in [1.54, 1.807) is 18.2 Å². The zero-order chi connectivity index (χ0) is 21.9. The quantitative estimate of drug-likeness (QED) is 0.660. The molecule has 10 heteroatoms. The lowest BCUT2D eigenvalue weighted by atomic mass is 10.1. The fourth-order valence-corrected chi connectivity index (χ4v) is 4.40. The van der Waals surface area contributed by atoms with Gasteiger partial charge in [-0.05, 0) is 48.9 Å². The molecular formula is C20H22N4O5S. The van der Waals surface area contributed by atoms with Gasteiger partial charge in [0.1, 0.15) is 0 Å². The van der Waals surface area contributed by atoms with E-state index >= 15 is 0 Å². The first-order valence-electron chi connectivity index (χ1n) is 9.23. The van der Waals surface area contributed by atoms with Crippen LogP contribution in [-0.4, -0.2) is 50.1 Å². The van der Waals surface area contributed by atoms with Crippen molar-refractivity contribution in [3.8, 4) is 0 Å². The van der Waals surface area contributed by atoms with Crippen molar-refractivity contribution in [1.29, 1.82) is 0 Å². The Morgan fingerprint density at radius 1 is 1.03 bits per heavy atom. The van der Waals surface area contributed by atoms with Crippen molar-refractivity contribution < 1.29 is 22.8 Å². The Balaban J connectivity index is 1.78. The molecule has 0 atom stereocenters. The van der Waals surface area contributed by atoms with Crippen LogP contribution < -0.4 is 16.0 Å². The minimum Gasteiger partial charge on any atom is -0.354 e. The van der Waals surface area contributed by atoms with Crippen LogP contribution in [0.3, 0.4) is 0 Å². The molecule has 1 fully saturated rings. The van der Waals surface area contributed by atoms with Gasteiger partial charge in [-0.2, -0.15) is 4.31 Å². The van der Waals surface area contributed by atoms with Gasteiger partial charge in [0.05, 0.1) is 22.8 Å². The van der Waals surface area contributed by atoms with Gasteiger partial charge in [0, 0.05) is 25.6 Å². The first kappa shape index (κ1) is 21.5. The van der Waals surface area contributed by atoms with E-state index in [9.17, 15) is 22.8 Å². The molecule has 30 heavy (non-hydrogen) atoms. The number of aryl methyl sites for hydroxylation is 1. The monoisotopic (exact) mass is 430 g/mol. The lowest BCUT2D eigenvalue weighted by Crippen LogP contribution is -2.49. The zero-order valence-corrected chi connectivity index (χ0v) is 17.4. The molecule has 1 aliphatic heterocycles. The zero-order valence-electron chi connectivity index (χ0n) is 16.6. The number of sulfonamides is 1. The molecule has 0 bridgehead atoms. The van der Waals surface area contributed by atoms with Crippen molar-refractivity contribution >= 4 is 39.1 Å². The normalized spacial score (nSPS) is 14.7. The van der Waals surface area contributed by atoms with E-state index in [4.69, 9.17) is 0 Å². The highest BCUT2D eigenvalue weighted by Gasteiger charge is 2.29. The Hall–Kier alpha value is -3.24. The minimum atomic E-state index is -3.83. The van der Waals surface area contributed by atoms with Crippen LogP contribution in [0.5, 0.6) is 0 Å². The van der Waals surface area contributed by atoms with E-state index < -0.39 is 15.9 Å². The molecule has 9 nitrogen and oxygen atoms in total. The first-order valence-corrected chi connectivity index (χ1v) is 10.7. The van der Waals surface area contributed by atoms with Crippen LogP contribution in [-0.2, 0) is 19.6 Å². The van der Waals surface area contributed by atoms with E-state index in [1.807, 2.05) is 6.92 Å². The van der Waals surface area contributed by atoms with Crippen molar-refractivity contribution in [2.24, 2.45) is 0 Å². The van der Waals surface area contributed by atoms with Gasteiger partial charge in [0.25, 0.3) is 5.91 Å². The van der Waals surface area contributed by atoms with Crippen molar-refractivity contribution in [3.05, 3.63) is 53.6 Å². The van der Waals surface area contributed by atoms with Gasteiger partial charge in [-0.15, -0.1) is 0 Å². The average molecular weight is 430 g/mol. The van der Waals surface area contributed by atoms with Gasteiger partial charge in [0.2, 0.25) is 21.8 Å². The second-order valence-electron chi connectivity index (χ2n) is 6.90. The summed E-state index contributed by atoms with van der Waals surface area (Å²) in [6.07, 6.45) is 0. The average Bonchev–Trinajstić information content (AvgIpc) is 2.70. The van der Waals surface area contributed by atoms with E-state index in [0.29, 0.717) is 11.4 Å². The third-order valence-corrected chi connectivity index (χ3v) is 6.35. The molecule has 0 unspecified atom stereocenters. The highest BCUT2D eigenvalue weighted by molar-refractivity contribution is 7.89. The van der Waals surface area contributed by atoms with Crippen molar-refractivity contribution in [2.75, 3.05) is 30.3 Å². The maximum absolute atomic E-state index is 12.7. The topological polar surface area (TPSA) is 125 Å². The summed E-state index contributed by atoms with van der Waals surface area (Å²) in [6.45, 7) is 3.44. The number of hydrogen-bond acceptors (Lipinski definition) is 5. The van der Waals surface area contributed by atoms with Crippen molar-refractivity contribution in [1.82, 2.24) is 9.62 Å². The predicted octanol–water partition coefficient (Wildman–Crippen LogP) is 1.33. The molecule has 0 aromatic heterocycles. The second-order valence-corrected chi connectivity index (χ2v) is 8.84. The van der Waals surface area contributed by atoms with Crippen LogP contribution in [0.4, 0.5) is 11.4 Å². The molecule has 3 N–H and O–H groups in total. The van der Waals surface area contributed by atoms with E-state index in [-0.39, 0.29) is 41.9 Å². The van der Waals surface area contributed by atoms with Gasteiger partial charge in [-0.3, -0.25) is 14.4 Å². The second kappa shape index (κ2) is 8.64.